The maximum Gasteiger partial charge on any atom is 0.244 e. The number of benzene rings is 1. The molecule has 2 rings (SSSR count). The molecule has 0 saturated heterocycles. The molecular weight excluding hydrogens is 334 g/mol. The Bertz CT molecular complexity index is 522. The Morgan fingerprint density at radius 3 is 2.76 bits per heavy atom. The van der Waals surface area contributed by atoms with E-state index in [4.69, 9.17) is 4.74 Å². The molecule has 0 heterocycles. The van der Waals surface area contributed by atoms with Crippen LogP contribution in [0.1, 0.15) is 31.2 Å². The van der Waals surface area contributed by atoms with Crippen molar-refractivity contribution in [1.82, 2.24) is 5.32 Å². The van der Waals surface area contributed by atoms with E-state index in [9.17, 15) is 9.90 Å². The largest absolute Gasteiger partial charge is 0.496 e. The molecule has 1 aromatic rings. The van der Waals surface area contributed by atoms with E-state index in [2.05, 4.69) is 21.2 Å². The Hall–Kier alpha value is -1.33. The molecule has 21 heavy (non-hydrogen) atoms. The van der Waals surface area contributed by atoms with Crippen LogP contribution in [-0.4, -0.2) is 30.3 Å². The predicted octanol–water partition coefficient (Wildman–Crippen LogP) is 2.89. The molecule has 0 unspecified atom stereocenters. The van der Waals surface area contributed by atoms with Crippen molar-refractivity contribution in [3.05, 3.63) is 34.3 Å². The number of carbonyl (C=O) groups is 1. The summed E-state index contributed by atoms with van der Waals surface area (Å²) >= 11 is 3.40. The van der Waals surface area contributed by atoms with Gasteiger partial charge in [-0.2, -0.15) is 0 Å². The SMILES string of the molecule is COc1ccc(Br)cc1/C=C/C(=O)NC1CCC(O)CC1. The summed E-state index contributed by atoms with van der Waals surface area (Å²) in [6.45, 7) is 0. The van der Waals surface area contributed by atoms with E-state index in [1.807, 2.05) is 18.2 Å². The lowest BCUT2D eigenvalue weighted by atomic mass is 9.93. The fraction of sp³-hybridized carbons (Fsp3) is 0.438. The van der Waals surface area contributed by atoms with Crippen molar-refractivity contribution in [3.63, 3.8) is 0 Å². The number of carbonyl (C=O) groups excluding carboxylic acids is 1. The van der Waals surface area contributed by atoms with Crippen LogP contribution in [0.3, 0.4) is 0 Å². The standard InChI is InChI=1S/C16H20BrNO3/c1-21-15-8-3-12(17)10-11(15)2-9-16(20)18-13-4-6-14(19)7-5-13/h2-3,8-10,13-14,19H,4-7H2,1H3,(H,18,20)/b9-2+. The number of hydrogen-bond acceptors (Lipinski definition) is 3. The lowest BCUT2D eigenvalue weighted by Gasteiger charge is -2.25. The van der Waals surface area contributed by atoms with Crippen LogP contribution >= 0.6 is 15.9 Å². The summed E-state index contributed by atoms with van der Waals surface area (Å²) in [5.41, 5.74) is 0.848. The first-order valence-corrected chi connectivity index (χ1v) is 7.88. The van der Waals surface area contributed by atoms with E-state index >= 15 is 0 Å². The number of halogens is 1. The average Bonchev–Trinajstić information content (AvgIpc) is 2.48. The molecule has 0 atom stereocenters. The van der Waals surface area contributed by atoms with Crippen LogP contribution in [0.25, 0.3) is 6.08 Å². The van der Waals surface area contributed by atoms with Gasteiger partial charge in [0.15, 0.2) is 0 Å². The van der Waals surface area contributed by atoms with E-state index in [0.717, 1.165) is 41.5 Å². The molecule has 1 fully saturated rings. The van der Waals surface area contributed by atoms with Gasteiger partial charge in [-0.15, -0.1) is 0 Å². The van der Waals surface area contributed by atoms with Crippen LogP contribution in [0.5, 0.6) is 5.75 Å². The van der Waals surface area contributed by atoms with Gasteiger partial charge in [-0.3, -0.25) is 4.79 Å². The van der Waals surface area contributed by atoms with Gasteiger partial charge < -0.3 is 15.2 Å². The van der Waals surface area contributed by atoms with Crippen LogP contribution in [0.15, 0.2) is 28.7 Å². The summed E-state index contributed by atoms with van der Waals surface area (Å²) in [5.74, 6) is 0.612. The minimum absolute atomic E-state index is 0.113. The van der Waals surface area contributed by atoms with Crippen LogP contribution in [-0.2, 0) is 4.79 Å². The van der Waals surface area contributed by atoms with Gasteiger partial charge in [-0.1, -0.05) is 15.9 Å². The number of aliphatic hydroxyl groups excluding tert-OH is 1. The highest BCUT2D eigenvalue weighted by molar-refractivity contribution is 9.10. The minimum Gasteiger partial charge on any atom is -0.496 e. The fourth-order valence-electron chi connectivity index (χ4n) is 2.47. The van der Waals surface area contributed by atoms with Gasteiger partial charge in [0.1, 0.15) is 5.75 Å². The number of hydrogen-bond donors (Lipinski definition) is 2. The van der Waals surface area contributed by atoms with Crippen molar-refractivity contribution in [2.45, 2.75) is 37.8 Å². The quantitative estimate of drug-likeness (QED) is 0.818. The van der Waals surface area contributed by atoms with E-state index in [1.165, 1.54) is 6.08 Å². The molecular formula is C16H20BrNO3. The Labute approximate surface area is 133 Å². The molecule has 0 bridgehead atoms. The number of aliphatic hydroxyl groups is 1. The summed E-state index contributed by atoms with van der Waals surface area (Å²) in [6, 6.07) is 5.81. The zero-order chi connectivity index (χ0) is 15.2. The normalized spacial score (nSPS) is 22.2. The third kappa shape index (κ3) is 4.86. The zero-order valence-electron chi connectivity index (χ0n) is 12.0. The molecule has 5 heteroatoms. The van der Waals surface area contributed by atoms with Crippen LogP contribution in [0, 0.1) is 0 Å². The Morgan fingerprint density at radius 1 is 1.38 bits per heavy atom. The van der Waals surface area contributed by atoms with Gasteiger partial charge in [0, 0.05) is 22.2 Å². The minimum atomic E-state index is -0.209. The monoisotopic (exact) mass is 353 g/mol. The summed E-state index contributed by atoms with van der Waals surface area (Å²) in [7, 11) is 1.61. The molecule has 114 valence electrons. The predicted molar refractivity (Wildman–Crippen MR) is 86.1 cm³/mol. The van der Waals surface area contributed by atoms with Crippen molar-refractivity contribution in [3.8, 4) is 5.75 Å². The second-order valence-electron chi connectivity index (χ2n) is 5.23. The summed E-state index contributed by atoms with van der Waals surface area (Å²) in [4.78, 5) is 11.9. The van der Waals surface area contributed by atoms with E-state index in [-0.39, 0.29) is 18.1 Å². The summed E-state index contributed by atoms with van der Waals surface area (Å²) in [5, 5.41) is 12.4. The summed E-state index contributed by atoms with van der Waals surface area (Å²) < 4.78 is 6.20. The average molecular weight is 354 g/mol. The number of ether oxygens (including phenoxy) is 1. The van der Waals surface area contributed by atoms with Gasteiger partial charge in [-0.25, -0.2) is 0 Å². The third-order valence-corrected chi connectivity index (χ3v) is 4.14. The van der Waals surface area contributed by atoms with E-state index in [0.29, 0.717) is 0 Å². The third-order valence-electron chi connectivity index (χ3n) is 3.65. The van der Waals surface area contributed by atoms with Crippen molar-refractivity contribution < 1.29 is 14.6 Å². The van der Waals surface area contributed by atoms with E-state index < -0.39 is 0 Å². The molecule has 0 spiro atoms. The molecule has 1 aliphatic rings. The van der Waals surface area contributed by atoms with Crippen molar-refractivity contribution in [2.75, 3.05) is 7.11 Å². The first-order chi connectivity index (χ1) is 10.1. The second-order valence-corrected chi connectivity index (χ2v) is 6.15. The second kappa shape index (κ2) is 7.61. The molecule has 2 N–H and O–H groups in total. The molecule has 0 aliphatic heterocycles. The molecule has 4 nitrogen and oxygen atoms in total. The topological polar surface area (TPSA) is 58.6 Å². The van der Waals surface area contributed by atoms with Gasteiger partial charge in [0.2, 0.25) is 5.91 Å². The first kappa shape index (κ1) is 16.0. The number of nitrogens with one attached hydrogen (secondary N) is 1. The maximum absolute atomic E-state index is 11.9. The Kier molecular flexibility index (Phi) is 5.82. The van der Waals surface area contributed by atoms with Crippen molar-refractivity contribution >= 4 is 27.9 Å². The van der Waals surface area contributed by atoms with Gasteiger partial charge in [0.05, 0.1) is 13.2 Å². The number of amides is 1. The van der Waals surface area contributed by atoms with Crippen molar-refractivity contribution in [1.29, 1.82) is 0 Å². The number of rotatable bonds is 4. The smallest absolute Gasteiger partial charge is 0.244 e. The highest BCUT2D eigenvalue weighted by Gasteiger charge is 2.19. The van der Waals surface area contributed by atoms with Gasteiger partial charge in [-0.05, 0) is 50.0 Å². The highest BCUT2D eigenvalue weighted by Crippen LogP contribution is 2.24. The Balaban J connectivity index is 1.94. The summed E-state index contributed by atoms with van der Waals surface area (Å²) in [6.07, 6.45) is 6.25. The van der Waals surface area contributed by atoms with Gasteiger partial charge in [0.25, 0.3) is 0 Å². The fourth-order valence-corrected chi connectivity index (χ4v) is 2.85. The first-order valence-electron chi connectivity index (χ1n) is 7.08. The maximum atomic E-state index is 11.9. The molecule has 1 aromatic carbocycles. The Morgan fingerprint density at radius 2 is 2.10 bits per heavy atom. The molecule has 1 amide bonds. The molecule has 0 radical (unpaired) electrons. The van der Waals surface area contributed by atoms with Crippen LogP contribution < -0.4 is 10.1 Å². The molecule has 1 saturated carbocycles. The number of methoxy groups -OCH3 is 1. The van der Waals surface area contributed by atoms with Crippen LogP contribution in [0.2, 0.25) is 0 Å². The van der Waals surface area contributed by atoms with Crippen molar-refractivity contribution in [2.24, 2.45) is 0 Å². The highest BCUT2D eigenvalue weighted by atomic mass is 79.9. The lowest BCUT2D eigenvalue weighted by Crippen LogP contribution is -2.37. The van der Waals surface area contributed by atoms with E-state index in [1.54, 1.807) is 13.2 Å². The lowest BCUT2D eigenvalue weighted by molar-refractivity contribution is -0.117. The van der Waals surface area contributed by atoms with Crippen LogP contribution in [0.4, 0.5) is 0 Å². The van der Waals surface area contributed by atoms with Gasteiger partial charge >= 0.3 is 0 Å². The molecule has 1 aliphatic carbocycles. The zero-order valence-corrected chi connectivity index (χ0v) is 13.6. The molecule has 0 aromatic heterocycles.